The highest BCUT2D eigenvalue weighted by molar-refractivity contribution is 5.97. The zero-order valence-electron chi connectivity index (χ0n) is 13.6. The summed E-state index contributed by atoms with van der Waals surface area (Å²) in [5, 5.41) is 5.76. The molecule has 0 radical (unpaired) electrons. The molecule has 0 aliphatic carbocycles. The second kappa shape index (κ2) is 7.25. The van der Waals surface area contributed by atoms with Crippen LogP contribution >= 0.6 is 0 Å². The zero-order valence-corrected chi connectivity index (χ0v) is 13.6. The second-order valence-corrected chi connectivity index (χ2v) is 6.76. The molecule has 0 saturated heterocycles. The van der Waals surface area contributed by atoms with E-state index in [1.165, 1.54) is 0 Å². The van der Waals surface area contributed by atoms with E-state index in [1.807, 2.05) is 52.8 Å². The lowest BCUT2D eigenvalue weighted by atomic mass is 10.0. The van der Waals surface area contributed by atoms with Gasteiger partial charge in [0.25, 0.3) is 5.91 Å². The third kappa shape index (κ3) is 6.43. The monoisotopic (exact) mass is 290 g/mol. The van der Waals surface area contributed by atoms with Crippen molar-refractivity contribution < 1.29 is 9.59 Å². The average Bonchev–Trinajstić information content (AvgIpc) is 2.36. The van der Waals surface area contributed by atoms with Crippen LogP contribution in [-0.2, 0) is 4.79 Å². The van der Waals surface area contributed by atoms with Gasteiger partial charge in [0.1, 0.15) is 6.04 Å². The number of carbonyl (C=O) groups is 2. The number of rotatable bonds is 5. The largest absolute Gasteiger partial charge is 0.350 e. The molecule has 0 aliphatic heterocycles. The van der Waals surface area contributed by atoms with Crippen LogP contribution in [0.3, 0.4) is 0 Å². The molecule has 0 unspecified atom stereocenters. The molecular weight excluding hydrogens is 264 g/mol. The molecule has 21 heavy (non-hydrogen) atoms. The van der Waals surface area contributed by atoms with Gasteiger partial charge in [-0.2, -0.15) is 0 Å². The van der Waals surface area contributed by atoms with E-state index >= 15 is 0 Å². The van der Waals surface area contributed by atoms with E-state index in [4.69, 9.17) is 0 Å². The maximum Gasteiger partial charge on any atom is 0.251 e. The lowest BCUT2D eigenvalue weighted by molar-refractivity contribution is -0.124. The summed E-state index contributed by atoms with van der Waals surface area (Å²) >= 11 is 0. The number of benzene rings is 1. The van der Waals surface area contributed by atoms with Crippen LogP contribution in [0.1, 0.15) is 51.4 Å². The van der Waals surface area contributed by atoms with E-state index < -0.39 is 6.04 Å². The molecule has 0 spiro atoms. The van der Waals surface area contributed by atoms with Gasteiger partial charge in [-0.25, -0.2) is 0 Å². The van der Waals surface area contributed by atoms with Crippen molar-refractivity contribution in [2.24, 2.45) is 5.92 Å². The van der Waals surface area contributed by atoms with Crippen molar-refractivity contribution in [1.29, 1.82) is 0 Å². The molecule has 4 nitrogen and oxygen atoms in total. The van der Waals surface area contributed by atoms with Gasteiger partial charge in [-0.05, 0) is 45.2 Å². The van der Waals surface area contributed by atoms with E-state index in [0.29, 0.717) is 17.9 Å². The van der Waals surface area contributed by atoms with Crippen LogP contribution in [0.15, 0.2) is 30.3 Å². The summed E-state index contributed by atoms with van der Waals surface area (Å²) in [6, 6.07) is 8.43. The van der Waals surface area contributed by atoms with Crippen molar-refractivity contribution in [3.8, 4) is 0 Å². The molecule has 0 heterocycles. The topological polar surface area (TPSA) is 58.2 Å². The number of hydrogen-bond donors (Lipinski definition) is 2. The third-order valence-corrected chi connectivity index (χ3v) is 2.86. The Morgan fingerprint density at radius 3 is 2.14 bits per heavy atom. The minimum atomic E-state index is -0.517. The van der Waals surface area contributed by atoms with Crippen LogP contribution in [0, 0.1) is 5.92 Å². The fourth-order valence-electron chi connectivity index (χ4n) is 1.99. The lowest BCUT2D eigenvalue weighted by Gasteiger charge is -2.26. The molecule has 0 aromatic heterocycles. The smallest absolute Gasteiger partial charge is 0.251 e. The fraction of sp³-hybridized carbons (Fsp3) is 0.529. The highest BCUT2D eigenvalue weighted by atomic mass is 16.2. The first kappa shape index (κ1) is 17.2. The molecule has 2 amide bonds. The van der Waals surface area contributed by atoms with Crippen molar-refractivity contribution in [1.82, 2.24) is 10.6 Å². The molecule has 1 atom stereocenters. The van der Waals surface area contributed by atoms with Gasteiger partial charge < -0.3 is 10.6 Å². The molecule has 0 fully saturated rings. The lowest BCUT2D eigenvalue weighted by Crippen LogP contribution is -2.52. The second-order valence-electron chi connectivity index (χ2n) is 6.76. The summed E-state index contributed by atoms with van der Waals surface area (Å²) in [5.41, 5.74) is 0.249. The Kier molecular flexibility index (Phi) is 5.94. The number of carbonyl (C=O) groups excluding carboxylic acids is 2. The Balaban J connectivity index is 2.79. The highest BCUT2D eigenvalue weighted by Gasteiger charge is 2.25. The van der Waals surface area contributed by atoms with Crippen LogP contribution in [0.25, 0.3) is 0 Å². The van der Waals surface area contributed by atoms with Gasteiger partial charge in [0.05, 0.1) is 0 Å². The molecule has 0 bridgehead atoms. The predicted molar refractivity (Wildman–Crippen MR) is 85.0 cm³/mol. The summed E-state index contributed by atoms with van der Waals surface area (Å²) in [6.45, 7) is 9.85. The summed E-state index contributed by atoms with van der Waals surface area (Å²) in [6.07, 6.45) is 0.612. The normalized spacial score (nSPS) is 12.9. The van der Waals surface area contributed by atoms with Crippen molar-refractivity contribution in [2.75, 3.05) is 0 Å². The summed E-state index contributed by atoms with van der Waals surface area (Å²) < 4.78 is 0. The van der Waals surface area contributed by atoms with Crippen LogP contribution in [0.4, 0.5) is 0 Å². The summed E-state index contributed by atoms with van der Waals surface area (Å²) in [4.78, 5) is 24.6. The maximum atomic E-state index is 12.3. The van der Waals surface area contributed by atoms with Crippen molar-refractivity contribution in [3.05, 3.63) is 35.9 Å². The molecule has 116 valence electrons. The number of nitrogens with one attached hydrogen (secondary N) is 2. The van der Waals surface area contributed by atoms with E-state index in [9.17, 15) is 9.59 Å². The van der Waals surface area contributed by atoms with E-state index in [1.54, 1.807) is 12.1 Å². The predicted octanol–water partition coefficient (Wildman–Crippen LogP) is 2.75. The first-order chi connectivity index (χ1) is 9.69. The Bertz CT molecular complexity index is 475. The molecule has 1 rings (SSSR count). The Morgan fingerprint density at radius 1 is 1.10 bits per heavy atom. The standard InChI is InChI=1S/C17H26N2O2/c1-12(2)11-14(16(21)19-17(3,4)5)18-15(20)13-9-7-6-8-10-13/h6-10,12,14H,11H2,1-5H3,(H,18,20)(H,19,21)/t14-/m1/s1. The van der Waals surface area contributed by atoms with E-state index in [-0.39, 0.29) is 17.4 Å². The Morgan fingerprint density at radius 2 is 1.67 bits per heavy atom. The maximum absolute atomic E-state index is 12.3. The molecule has 4 heteroatoms. The van der Waals surface area contributed by atoms with Crippen LogP contribution < -0.4 is 10.6 Å². The van der Waals surface area contributed by atoms with Gasteiger partial charge in [-0.1, -0.05) is 32.0 Å². The fourth-order valence-corrected chi connectivity index (χ4v) is 1.99. The van der Waals surface area contributed by atoms with Crippen LogP contribution in [0.2, 0.25) is 0 Å². The molecule has 1 aromatic carbocycles. The zero-order chi connectivity index (χ0) is 16.0. The first-order valence-corrected chi connectivity index (χ1v) is 7.37. The number of hydrogen-bond acceptors (Lipinski definition) is 2. The Hall–Kier alpha value is -1.84. The Labute approximate surface area is 127 Å². The van der Waals surface area contributed by atoms with Gasteiger partial charge in [-0.15, -0.1) is 0 Å². The van der Waals surface area contributed by atoms with Crippen molar-refractivity contribution in [3.63, 3.8) is 0 Å². The van der Waals surface area contributed by atoms with Crippen molar-refractivity contribution in [2.45, 2.75) is 52.6 Å². The van der Waals surface area contributed by atoms with Crippen LogP contribution in [-0.4, -0.2) is 23.4 Å². The van der Waals surface area contributed by atoms with E-state index in [2.05, 4.69) is 10.6 Å². The highest BCUT2D eigenvalue weighted by Crippen LogP contribution is 2.09. The molecule has 2 N–H and O–H groups in total. The van der Waals surface area contributed by atoms with Gasteiger partial charge in [-0.3, -0.25) is 9.59 Å². The van der Waals surface area contributed by atoms with Gasteiger partial charge >= 0.3 is 0 Å². The average molecular weight is 290 g/mol. The van der Waals surface area contributed by atoms with Crippen molar-refractivity contribution >= 4 is 11.8 Å². The summed E-state index contributed by atoms with van der Waals surface area (Å²) in [5.74, 6) is -0.0393. The molecular formula is C17H26N2O2. The first-order valence-electron chi connectivity index (χ1n) is 7.37. The third-order valence-electron chi connectivity index (χ3n) is 2.86. The van der Waals surface area contributed by atoms with E-state index in [0.717, 1.165) is 0 Å². The minimum absolute atomic E-state index is 0.138. The number of amides is 2. The molecule has 0 saturated carbocycles. The quantitative estimate of drug-likeness (QED) is 0.876. The SMILES string of the molecule is CC(C)C[C@@H](NC(=O)c1ccccc1)C(=O)NC(C)(C)C. The van der Waals surface area contributed by atoms with Gasteiger partial charge in [0.15, 0.2) is 0 Å². The van der Waals surface area contributed by atoms with Gasteiger partial charge in [0, 0.05) is 11.1 Å². The molecule has 0 aliphatic rings. The minimum Gasteiger partial charge on any atom is -0.350 e. The summed E-state index contributed by atoms with van der Waals surface area (Å²) in [7, 11) is 0. The van der Waals surface area contributed by atoms with Gasteiger partial charge in [0.2, 0.25) is 5.91 Å². The molecule has 1 aromatic rings. The van der Waals surface area contributed by atoms with Crippen LogP contribution in [0.5, 0.6) is 0 Å².